The predicted octanol–water partition coefficient (Wildman–Crippen LogP) is 3.10. The van der Waals surface area contributed by atoms with E-state index in [2.05, 4.69) is 17.0 Å². The highest BCUT2D eigenvalue weighted by molar-refractivity contribution is 6.32. The third kappa shape index (κ3) is 2.86. The maximum Gasteiger partial charge on any atom is 0.293 e. The second-order valence-corrected chi connectivity index (χ2v) is 6.25. The largest absolute Gasteiger partial charge is 0.336 e. The minimum atomic E-state index is -0.0968. The number of amides is 1. The molecule has 2 heterocycles. The third-order valence-corrected chi connectivity index (χ3v) is 4.30. The number of carbonyl (C=O) groups excluding carboxylic acids is 1. The van der Waals surface area contributed by atoms with E-state index in [1.807, 2.05) is 30.0 Å². The molecule has 0 N–H and O–H groups in total. The summed E-state index contributed by atoms with van der Waals surface area (Å²) in [7, 11) is 0. The molecule has 0 bridgehead atoms. The summed E-state index contributed by atoms with van der Waals surface area (Å²) in [5.74, 6) is 1.33. The van der Waals surface area contributed by atoms with Gasteiger partial charge in [-0.25, -0.2) is 9.67 Å². The van der Waals surface area contributed by atoms with Crippen molar-refractivity contribution in [1.29, 1.82) is 0 Å². The smallest absolute Gasteiger partial charge is 0.293 e. The average Bonchev–Trinajstić information content (AvgIpc) is 2.89. The fourth-order valence-corrected chi connectivity index (χ4v) is 3.06. The van der Waals surface area contributed by atoms with E-state index in [1.165, 1.54) is 6.42 Å². The van der Waals surface area contributed by atoms with Gasteiger partial charge >= 0.3 is 0 Å². The van der Waals surface area contributed by atoms with Crippen LogP contribution in [-0.2, 0) is 0 Å². The lowest BCUT2D eigenvalue weighted by Crippen LogP contribution is -2.39. The highest BCUT2D eigenvalue weighted by Gasteiger charge is 2.25. The van der Waals surface area contributed by atoms with Crippen LogP contribution in [0.4, 0.5) is 0 Å². The van der Waals surface area contributed by atoms with Gasteiger partial charge in [-0.2, -0.15) is 0 Å². The van der Waals surface area contributed by atoms with Crippen LogP contribution in [0.1, 0.15) is 36.2 Å². The number of hydrogen-bond acceptors (Lipinski definition) is 3. The quantitative estimate of drug-likeness (QED) is 0.855. The molecule has 1 aliphatic heterocycles. The number of aryl methyl sites for hydroxylation is 1. The van der Waals surface area contributed by atoms with Crippen LogP contribution in [0.5, 0.6) is 0 Å². The molecule has 0 unspecified atom stereocenters. The summed E-state index contributed by atoms with van der Waals surface area (Å²) in [6, 6.07) is 7.41. The number of aromatic nitrogens is 3. The molecule has 1 amide bonds. The van der Waals surface area contributed by atoms with E-state index in [1.54, 1.807) is 10.7 Å². The van der Waals surface area contributed by atoms with Gasteiger partial charge in [0, 0.05) is 13.1 Å². The Labute approximate surface area is 134 Å². The Morgan fingerprint density at radius 3 is 2.86 bits per heavy atom. The first-order valence-electron chi connectivity index (χ1n) is 7.54. The summed E-state index contributed by atoms with van der Waals surface area (Å²) in [6.45, 7) is 5.55. The fourth-order valence-electron chi connectivity index (χ4n) is 2.85. The van der Waals surface area contributed by atoms with Gasteiger partial charge < -0.3 is 4.90 Å². The highest BCUT2D eigenvalue weighted by atomic mass is 35.5. The summed E-state index contributed by atoms with van der Waals surface area (Å²) in [4.78, 5) is 18.8. The monoisotopic (exact) mass is 318 g/mol. The molecule has 22 heavy (non-hydrogen) atoms. The van der Waals surface area contributed by atoms with E-state index in [0.29, 0.717) is 16.8 Å². The van der Waals surface area contributed by atoms with Crippen LogP contribution in [0.2, 0.25) is 5.02 Å². The van der Waals surface area contributed by atoms with Crippen molar-refractivity contribution in [2.75, 3.05) is 13.1 Å². The number of halogens is 1. The van der Waals surface area contributed by atoms with Crippen LogP contribution < -0.4 is 0 Å². The molecule has 0 radical (unpaired) electrons. The number of benzene rings is 1. The molecular weight excluding hydrogens is 300 g/mol. The number of rotatable bonds is 2. The van der Waals surface area contributed by atoms with Crippen molar-refractivity contribution >= 4 is 17.5 Å². The standard InChI is InChI=1S/C16H19ClN4O/c1-11-6-5-9-20(10-11)16(22)15-18-12(2)21(19-15)14-8-4-3-7-13(14)17/h3-4,7-8,11H,5-6,9-10H2,1-2H3/t11-/m0/s1. The molecule has 2 aromatic rings. The molecule has 1 aromatic heterocycles. The minimum Gasteiger partial charge on any atom is -0.336 e. The van der Waals surface area contributed by atoms with Gasteiger partial charge in [-0.1, -0.05) is 30.7 Å². The first kappa shape index (κ1) is 15.0. The Bertz CT molecular complexity index is 697. The SMILES string of the molecule is Cc1nc(C(=O)N2CCC[C@H](C)C2)nn1-c1ccccc1Cl. The molecule has 5 nitrogen and oxygen atoms in total. The van der Waals surface area contributed by atoms with E-state index in [-0.39, 0.29) is 11.7 Å². The molecule has 1 atom stereocenters. The molecule has 1 fully saturated rings. The first-order chi connectivity index (χ1) is 10.6. The number of hydrogen-bond donors (Lipinski definition) is 0. The Hall–Kier alpha value is -1.88. The lowest BCUT2D eigenvalue weighted by atomic mass is 10.0. The van der Waals surface area contributed by atoms with Crippen molar-refractivity contribution in [3.05, 3.63) is 40.9 Å². The Kier molecular flexibility index (Phi) is 4.16. The zero-order valence-electron chi connectivity index (χ0n) is 12.8. The van der Waals surface area contributed by atoms with Crippen molar-refractivity contribution in [1.82, 2.24) is 19.7 Å². The average molecular weight is 319 g/mol. The van der Waals surface area contributed by atoms with Crippen LogP contribution in [0.25, 0.3) is 5.69 Å². The van der Waals surface area contributed by atoms with Gasteiger partial charge in [0.1, 0.15) is 5.82 Å². The predicted molar refractivity (Wildman–Crippen MR) is 85.4 cm³/mol. The molecule has 0 aliphatic carbocycles. The molecule has 3 rings (SSSR count). The zero-order valence-corrected chi connectivity index (χ0v) is 13.5. The zero-order chi connectivity index (χ0) is 15.7. The Morgan fingerprint density at radius 2 is 2.14 bits per heavy atom. The van der Waals surface area contributed by atoms with Gasteiger partial charge in [0.05, 0.1) is 10.7 Å². The minimum absolute atomic E-state index is 0.0968. The van der Waals surface area contributed by atoms with Crippen molar-refractivity contribution in [3.63, 3.8) is 0 Å². The molecule has 6 heteroatoms. The maximum atomic E-state index is 12.6. The number of para-hydroxylation sites is 1. The lowest BCUT2D eigenvalue weighted by molar-refractivity contribution is 0.0670. The van der Waals surface area contributed by atoms with Gasteiger partial charge in [0.25, 0.3) is 5.91 Å². The molecule has 1 saturated heterocycles. The van der Waals surface area contributed by atoms with Crippen LogP contribution >= 0.6 is 11.6 Å². The van der Waals surface area contributed by atoms with Gasteiger partial charge in [-0.15, -0.1) is 5.10 Å². The van der Waals surface area contributed by atoms with Gasteiger partial charge in [0.2, 0.25) is 5.82 Å². The normalized spacial score (nSPS) is 18.5. The van der Waals surface area contributed by atoms with E-state index < -0.39 is 0 Å². The molecule has 116 valence electrons. The van der Waals surface area contributed by atoms with Crippen LogP contribution in [0.3, 0.4) is 0 Å². The number of likely N-dealkylation sites (tertiary alicyclic amines) is 1. The van der Waals surface area contributed by atoms with E-state index >= 15 is 0 Å². The summed E-state index contributed by atoms with van der Waals surface area (Å²) in [5, 5.41) is 4.96. The van der Waals surface area contributed by atoms with Crippen LogP contribution in [0.15, 0.2) is 24.3 Å². The second-order valence-electron chi connectivity index (χ2n) is 5.84. The third-order valence-electron chi connectivity index (χ3n) is 3.99. The fraction of sp³-hybridized carbons (Fsp3) is 0.438. The van der Waals surface area contributed by atoms with Gasteiger partial charge in [-0.05, 0) is 37.8 Å². The number of piperidine rings is 1. The van der Waals surface area contributed by atoms with E-state index in [4.69, 9.17) is 11.6 Å². The highest BCUT2D eigenvalue weighted by Crippen LogP contribution is 2.21. The second kappa shape index (κ2) is 6.08. The summed E-state index contributed by atoms with van der Waals surface area (Å²) < 4.78 is 1.63. The first-order valence-corrected chi connectivity index (χ1v) is 7.92. The Morgan fingerprint density at radius 1 is 1.36 bits per heavy atom. The molecule has 0 saturated carbocycles. The topological polar surface area (TPSA) is 51.0 Å². The number of carbonyl (C=O) groups is 1. The molecule has 1 aromatic carbocycles. The summed E-state index contributed by atoms with van der Waals surface area (Å²) in [5.41, 5.74) is 0.736. The van der Waals surface area contributed by atoms with Crippen molar-refractivity contribution < 1.29 is 4.79 Å². The summed E-state index contributed by atoms with van der Waals surface area (Å²) >= 11 is 6.20. The molecule has 1 aliphatic rings. The molecular formula is C16H19ClN4O. The van der Waals surface area contributed by atoms with Gasteiger partial charge in [0.15, 0.2) is 0 Å². The van der Waals surface area contributed by atoms with Crippen molar-refractivity contribution in [2.24, 2.45) is 5.92 Å². The van der Waals surface area contributed by atoms with Crippen molar-refractivity contribution in [3.8, 4) is 5.69 Å². The Balaban J connectivity index is 1.89. The van der Waals surface area contributed by atoms with E-state index in [9.17, 15) is 4.79 Å². The van der Waals surface area contributed by atoms with Gasteiger partial charge in [-0.3, -0.25) is 4.79 Å². The summed E-state index contributed by atoms with van der Waals surface area (Å²) in [6.07, 6.45) is 2.21. The molecule has 0 spiro atoms. The van der Waals surface area contributed by atoms with E-state index in [0.717, 1.165) is 25.2 Å². The van der Waals surface area contributed by atoms with Crippen molar-refractivity contribution in [2.45, 2.75) is 26.7 Å². The number of nitrogens with zero attached hydrogens (tertiary/aromatic N) is 4. The van der Waals surface area contributed by atoms with Crippen LogP contribution in [0, 0.1) is 12.8 Å². The van der Waals surface area contributed by atoms with Crippen LogP contribution in [-0.4, -0.2) is 38.7 Å². The lowest BCUT2D eigenvalue weighted by Gasteiger charge is -2.29. The maximum absolute atomic E-state index is 12.6.